The largest absolute Gasteiger partial charge is 0.450 e. The molecule has 170 valence electrons. The zero-order valence-corrected chi connectivity index (χ0v) is 20.1. The average molecular weight is 479 g/mol. The predicted octanol–water partition coefficient (Wildman–Crippen LogP) is 6.52. The van der Waals surface area contributed by atoms with E-state index in [0.29, 0.717) is 16.2 Å². The maximum Gasteiger partial charge on any atom is 0.283 e. The highest BCUT2D eigenvalue weighted by molar-refractivity contribution is 8.27. The van der Waals surface area contributed by atoms with Gasteiger partial charge in [0.2, 0.25) is 5.17 Å². The van der Waals surface area contributed by atoms with Crippen LogP contribution in [0.3, 0.4) is 0 Å². The fourth-order valence-electron chi connectivity index (χ4n) is 4.35. The van der Waals surface area contributed by atoms with E-state index < -0.39 is 5.91 Å². The highest BCUT2D eigenvalue weighted by Crippen LogP contribution is 2.37. The third kappa shape index (κ3) is 4.73. The van der Waals surface area contributed by atoms with Gasteiger partial charge in [0, 0.05) is 11.2 Å². The number of rotatable bonds is 6. The molecule has 1 N–H and O–H groups in total. The van der Waals surface area contributed by atoms with Gasteiger partial charge in [0.15, 0.2) is 10.9 Å². The van der Waals surface area contributed by atoms with Crippen LogP contribution in [0, 0.1) is 5.41 Å². The van der Waals surface area contributed by atoms with Crippen LogP contribution in [-0.2, 0) is 4.79 Å². The number of nitrogens with one attached hydrogen (secondary N) is 1. The van der Waals surface area contributed by atoms with Crippen molar-refractivity contribution in [2.45, 2.75) is 61.7 Å². The lowest BCUT2D eigenvalue weighted by molar-refractivity contribution is -0.114. The third-order valence-corrected chi connectivity index (χ3v) is 8.38. The van der Waals surface area contributed by atoms with E-state index in [9.17, 15) is 4.79 Å². The zero-order chi connectivity index (χ0) is 22.8. The van der Waals surface area contributed by atoms with Crippen LogP contribution in [0.1, 0.15) is 62.7 Å². The second-order valence-electron chi connectivity index (χ2n) is 8.36. The Bertz CT molecular complexity index is 1150. The van der Waals surface area contributed by atoms with Gasteiger partial charge in [-0.25, -0.2) is 0 Å². The van der Waals surface area contributed by atoms with E-state index in [4.69, 9.17) is 9.83 Å². The molecule has 1 aliphatic carbocycles. The summed E-state index contributed by atoms with van der Waals surface area (Å²) in [6, 6.07) is 14.0. The lowest BCUT2D eigenvalue weighted by Gasteiger charge is -2.20. The van der Waals surface area contributed by atoms with Crippen molar-refractivity contribution in [2.75, 3.05) is 0 Å². The Morgan fingerprint density at radius 1 is 1.21 bits per heavy atom. The molecule has 1 saturated carbocycles. The lowest BCUT2D eigenvalue weighted by Crippen LogP contribution is -2.35. The van der Waals surface area contributed by atoms with E-state index in [1.54, 1.807) is 17.8 Å². The fraction of sp³-hybridized carbons (Fsp3) is 0.360. The molecular formula is C25H26N4O2S2. The quantitative estimate of drug-likeness (QED) is 0.478. The molecule has 6 nitrogen and oxygen atoms in total. The van der Waals surface area contributed by atoms with E-state index >= 15 is 0 Å². The minimum atomic E-state index is -0.430. The van der Waals surface area contributed by atoms with Crippen molar-refractivity contribution in [1.29, 1.82) is 5.41 Å². The summed E-state index contributed by atoms with van der Waals surface area (Å²) in [5.74, 6) is 0.269. The maximum absolute atomic E-state index is 12.8. The molecule has 0 spiro atoms. The first-order valence-electron chi connectivity index (χ1n) is 11.4. The van der Waals surface area contributed by atoms with E-state index in [-0.39, 0.29) is 17.3 Å². The van der Waals surface area contributed by atoms with Crippen LogP contribution in [0.2, 0.25) is 0 Å². The van der Waals surface area contributed by atoms with Crippen LogP contribution < -0.4 is 0 Å². The van der Waals surface area contributed by atoms with E-state index in [2.05, 4.69) is 29.2 Å². The van der Waals surface area contributed by atoms with Gasteiger partial charge in [-0.2, -0.15) is 15.1 Å². The number of hydrogen-bond donors (Lipinski definition) is 1. The SMILES string of the molecule is CC[C@H](C1=NN2C(=N)/C(=C\c3ccc(SC4CCCCC4)o3)C(=O)N=C2S1)c1ccccc1. The Morgan fingerprint density at radius 3 is 2.76 bits per heavy atom. The summed E-state index contributed by atoms with van der Waals surface area (Å²) in [6.45, 7) is 2.11. The van der Waals surface area contributed by atoms with Gasteiger partial charge in [-0.15, -0.1) is 0 Å². The monoisotopic (exact) mass is 478 g/mol. The molecule has 2 aliphatic heterocycles. The molecule has 0 unspecified atom stereocenters. The summed E-state index contributed by atoms with van der Waals surface area (Å²) in [4.78, 5) is 17.0. The summed E-state index contributed by atoms with van der Waals surface area (Å²) >= 11 is 3.14. The van der Waals surface area contributed by atoms with E-state index in [1.165, 1.54) is 54.4 Å². The first-order chi connectivity index (χ1) is 16.1. The van der Waals surface area contributed by atoms with E-state index in [1.807, 2.05) is 30.3 Å². The Balaban J connectivity index is 1.35. The zero-order valence-electron chi connectivity index (χ0n) is 18.5. The molecule has 33 heavy (non-hydrogen) atoms. The molecule has 5 rings (SSSR count). The first kappa shape index (κ1) is 22.2. The molecule has 1 aromatic carbocycles. The fourth-order valence-corrected chi connectivity index (χ4v) is 6.64. The van der Waals surface area contributed by atoms with Gasteiger partial charge >= 0.3 is 0 Å². The second kappa shape index (κ2) is 9.73. The first-order valence-corrected chi connectivity index (χ1v) is 13.1. The van der Waals surface area contributed by atoms with Gasteiger partial charge in [0.25, 0.3) is 5.91 Å². The number of fused-ring (bicyclic) bond motifs is 1. The van der Waals surface area contributed by atoms with Crippen LogP contribution in [0.15, 0.2) is 67.6 Å². The molecule has 8 heteroatoms. The highest BCUT2D eigenvalue weighted by atomic mass is 32.2. The number of hydrazone groups is 1. The number of aliphatic imine (C=N–C) groups is 1. The van der Waals surface area contributed by atoms with Crippen molar-refractivity contribution < 1.29 is 9.21 Å². The number of thioether (sulfide) groups is 2. The molecule has 3 aliphatic rings. The number of carbonyl (C=O) groups is 1. The summed E-state index contributed by atoms with van der Waals surface area (Å²) < 4.78 is 5.96. The summed E-state index contributed by atoms with van der Waals surface area (Å²) in [7, 11) is 0. The molecule has 0 saturated heterocycles. The van der Waals surface area contributed by atoms with Gasteiger partial charge in [-0.1, -0.05) is 68.3 Å². The summed E-state index contributed by atoms with van der Waals surface area (Å²) in [6.07, 6.45) is 8.80. The normalized spacial score (nSPS) is 21.2. The van der Waals surface area contributed by atoms with Crippen molar-refractivity contribution in [3.05, 3.63) is 59.4 Å². The van der Waals surface area contributed by atoms with Crippen molar-refractivity contribution in [1.82, 2.24) is 5.01 Å². The third-order valence-electron chi connectivity index (χ3n) is 6.10. The summed E-state index contributed by atoms with van der Waals surface area (Å²) in [5, 5.41) is 17.5. The number of carbonyl (C=O) groups excluding carboxylic acids is 1. The smallest absolute Gasteiger partial charge is 0.283 e. The van der Waals surface area contributed by atoms with Crippen LogP contribution in [0.5, 0.6) is 0 Å². The molecule has 3 heterocycles. The maximum atomic E-state index is 12.8. The number of nitrogens with zero attached hydrogens (tertiary/aromatic N) is 3. The van der Waals surface area contributed by atoms with Crippen LogP contribution in [-0.4, -0.2) is 32.2 Å². The topological polar surface area (TPSA) is 82.0 Å². The van der Waals surface area contributed by atoms with Crippen LogP contribution in [0.25, 0.3) is 6.08 Å². The van der Waals surface area contributed by atoms with Gasteiger partial charge in [0.05, 0.1) is 5.57 Å². The lowest BCUT2D eigenvalue weighted by atomic mass is 9.98. The number of amidine groups is 2. The van der Waals surface area contributed by atoms with Gasteiger partial charge in [-0.05, 0) is 54.8 Å². The molecule has 0 radical (unpaired) electrons. The Labute approximate surface area is 202 Å². The molecule has 1 atom stereocenters. The minimum Gasteiger partial charge on any atom is -0.450 e. The van der Waals surface area contributed by atoms with Crippen LogP contribution >= 0.6 is 23.5 Å². The van der Waals surface area contributed by atoms with Crippen molar-refractivity contribution >= 4 is 51.6 Å². The molecule has 1 amide bonds. The Kier molecular flexibility index (Phi) is 6.55. The van der Waals surface area contributed by atoms with E-state index in [0.717, 1.165) is 16.6 Å². The van der Waals surface area contributed by atoms with Gasteiger partial charge in [-0.3, -0.25) is 10.2 Å². The standard InChI is InChI=1S/C25H26N4O2S2/c1-2-19(16-9-5-3-6-10-16)24-28-29-22(26)20(23(30)27-25(29)33-24)15-17-13-14-21(31-17)32-18-11-7-4-8-12-18/h3,5-6,9-10,13-15,18-19,26H,2,4,7-8,11-12H2,1H3/b20-15+,26-22?/t19-/m0/s1. The second-order valence-corrected chi connectivity index (χ2v) is 10.7. The Morgan fingerprint density at radius 2 is 2.00 bits per heavy atom. The molecule has 2 aromatic rings. The molecular weight excluding hydrogens is 452 g/mol. The predicted molar refractivity (Wildman–Crippen MR) is 136 cm³/mol. The number of hydrogen-bond acceptors (Lipinski definition) is 6. The number of furan rings is 1. The molecule has 0 bridgehead atoms. The van der Waals surface area contributed by atoms with Crippen molar-refractivity contribution in [3.8, 4) is 0 Å². The van der Waals surface area contributed by atoms with Crippen LogP contribution in [0.4, 0.5) is 0 Å². The van der Waals surface area contributed by atoms with Gasteiger partial charge in [0.1, 0.15) is 10.8 Å². The molecule has 1 fully saturated rings. The number of benzene rings is 1. The minimum absolute atomic E-state index is 0.0355. The Hall–Kier alpha value is -2.58. The van der Waals surface area contributed by atoms with Crippen molar-refractivity contribution in [3.63, 3.8) is 0 Å². The van der Waals surface area contributed by atoms with Crippen molar-refractivity contribution in [2.24, 2.45) is 10.1 Å². The van der Waals surface area contributed by atoms with Gasteiger partial charge < -0.3 is 4.42 Å². The molecule has 1 aromatic heterocycles. The highest BCUT2D eigenvalue weighted by Gasteiger charge is 2.38. The summed E-state index contributed by atoms with van der Waals surface area (Å²) in [5.41, 5.74) is 1.36. The number of amides is 1. The average Bonchev–Trinajstić information content (AvgIpc) is 3.45.